The van der Waals surface area contributed by atoms with Crippen LogP contribution in [-0.2, 0) is 21.4 Å². The highest BCUT2D eigenvalue weighted by Gasteiger charge is 2.30. The molecule has 5 rings (SSSR count). The lowest BCUT2D eigenvalue weighted by molar-refractivity contribution is -0.142. The smallest absolute Gasteiger partial charge is 0.327 e. The van der Waals surface area contributed by atoms with Gasteiger partial charge < -0.3 is 25.4 Å². The van der Waals surface area contributed by atoms with Crippen LogP contribution >= 0.6 is 11.3 Å². The van der Waals surface area contributed by atoms with E-state index in [9.17, 15) is 19.5 Å². The van der Waals surface area contributed by atoms with Gasteiger partial charge in [-0.3, -0.25) is 14.6 Å². The maximum atomic E-state index is 13.7. The molecule has 282 valence electrons. The Hall–Kier alpha value is -4.54. The van der Waals surface area contributed by atoms with Gasteiger partial charge in [-0.15, -0.1) is 11.3 Å². The van der Waals surface area contributed by atoms with E-state index in [2.05, 4.69) is 50.5 Å². The number of hydrogen-bond donors (Lipinski definition) is 3. The molecule has 2 aromatic carbocycles. The standard InChI is InChI=1S/C43H54N4O5S/c1-5-6-7-8-11-26-52-34-19-16-31(17-20-34)33-18-21-35(44-28-33)32-14-12-30(13-15-32)27-36(45-41(49)38-22-23-39(53-38)43(2,3)4)40(48)46-37(42(50)51)29-47-24-9-10-25-47/h12-23,28,36-37H,5-11,24-27,29H2,1-4H3,(H,45,49)(H,46,48)(H,50,51)/t36-,37?/m0/s1. The van der Waals surface area contributed by atoms with Crippen molar-refractivity contribution >= 4 is 29.1 Å². The summed E-state index contributed by atoms with van der Waals surface area (Å²) in [6.07, 6.45) is 10.1. The van der Waals surface area contributed by atoms with Crippen molar-refractivity contribution in [3.63, 3.8) is 0 Å². The van der Waals surface area contributed by atoms with E-state index in [4.69, 9.17) is 9.72 Å². The fourth-order valence-corrected chi connectivity index (χ4v) is 7.37. The lowest BCUT2D eigenvalue weighted by Crippen LogP contribution is -2.55. The van der Waals surface area contributed by atoms with Crippen molar-refractivity contribution in [3.05, 3.63) is 94.3 Å². The van der Waals surface area contributed by atoms with E-state index in [0.29, 0.717) is 4.88 Å². The molecule has 1 aliphatic rings. The number of aromatic nitrogens is 1. The van der Waals surface area contributed by atoms with Crippen molar-refractivity contribution in [2.75, 3.05) is 26.2 Å². The number of carboxylic acid groups (broad SMARTS) is 1. The van der Waals surface area contributed by atoms with E-state index in [-0.39, 0.29) is 24.3 Å². The highest BCUT2D eigenvalue weighted by Crippen LogP contribution is 2.30. The number of benzene rings is 2. The van der Waals surface area contributed by atoms with Crippen molar-refractivity contribution in [1.82, 2.24) is 20.5 Å². The zero-order valence-corrected chi connectivity index (χ0v) is 32.3. The molecular formula is C43H54N4O5S. The van der Waals surface area contributed by atoms with Crippen LogP contribution in [0.5, 0.6) is 5.75 Å². The molecule has 2 aromatic heterocycles. The number of unbranched alkanes of at least 4 members (excludes halogenated alkanes) is 4. The Morgan fingerprint density at radius 1 is 0.830 bits per heavy atom. The van der Waals surface area contributed by atoms with E-state index in [1.165, 1.54) is 37.0 Å². The highest BCUT2D eigenvalue weighted by atomic mass is 32.1. The molecule has 1 aliphatic heterocycles. The molecule has 0 spiro atoms. The van der Waals surface area contributed by atoms with Crippen molar-refractivity contribution in [3.8, 4) is 28.1 Å². The predicted octanol–water partition coefficient (Wildman–Crippen LogP) is 8.13. The number of pyridine rings is 1. The summed E-state index contributed by atoms with van der Waals surface area (Å²) >= 11 is 1.40. The number of nitrogens with zero attached hydrogens (tertiary/aromatic N) is 2. The Labute approximate surface area is 318 Å². The van der Waals surface area contributed by atoms with Crippen LogP contribution in [0.3, 0.4) is 0 Å². The first-order chi connectivity index (χ1) is 25.5. The first kappa shape index (κ1) is 39.7. The average molecular weight is 739 g/mol. The largest absolute Gasteiger partial charge is 0.494 e. The third-order valence-electron chi connectivity index (χ3n) is 9.60. The molecular weight excluding hydrogens is 685 g/mol. The number of likely N-dealkylation sites (tertiary alicyclic amines) is 1. The molecule has 53 heavy (non-hydrogen) atoms. The fourth-order valence-electron chi connectivity index (χ4n) is 6.40. The lowest BCUT2D eigenvalue weighted by Gasteiger charge is -2.24. The Kier molecular flexibility index (Phi) is 14.2. The number of rotatable bonds is 18. The van der Waals surface area contributed by atoms with Crippen LogP contribution in [0.4, 0.5) is 0 Å². The molecule has 0 bridgehead atoms. The van der Waals surface area contributed by atoms with Crippen LogP contribution in [0.2, 0.25) is 0 Å². The second-order valence-electron chi connectivity index (χ2n) is 15.0. The van der Waals surface area contributed by atoms with Gasteiger partial charge in [-0.2, -0.15) is 0 Å². The van der Waals surface area contributed by atoms with Crippen LogP contribution in [0.15, 0.2) is 79.0 Å². The third kappa shape index (κ3) is 11.7. The molecule has 10 heteroatoms. The van der Waals surface area contributed by atoms with Crippen molar-refractivity contribution in [2.45, 2.75) is 96.6 Å². The monoisotopic (exact) mass is 738 g/mol. The van der Waals surface area contributed by atoms with E-state index < -0.39 is 24.0 Å². The van der Waals surface area contributed by atoms with Gasteiger partial charge in [0.25, 0.3) is 5.91 Å². The summed E-state index contributed by atoms with van der Waals surface area (Å²) in [5.74, 6) is -1.11. The van der Waals surface area contributed by atoms with Gasteiger partial charge in [-0.25, -0.2) is 4.79 Å². The molecule has 1 saturated heterocycles. The van der Waals surface area contributed by atoms with Gasteiger partial charge in [-0.1, -0.05) is 95.8 Å². The van der Waals surface area contributed by atoms with E-state index in [0.717, 1.165) is 77.5 Å². The van der Waals surface area contributed by atoms with E-state index in [1.54, 1.807) is 6.07 Å². The topological polar surface area (TPSA) is 121 Å². The van der Waals surface area contributed by atoms with Crippen molar-refractivity contribution in [2.24, 2.45) is 0 Å². The minimum atomic E-state index is -1.10. The maximum absolute atomic E-state index is 13.7. The summed E-state index contributed by atoms with van der Waals surface area (Å²) in [6.45, 7) is 11.0. The molecule has 2 amide bonds. The number of aliphatic carboxylic acids is 1. The van der Waals surface area contributed by atoms with Gasteiger partial charge in [0.05, 0.1) is 17.2 Å². The average Bonchev–Trinajstić information content (AvgIpc) is 3.87. The summed E-state index contributed by atoms with van der Waals surface area (Å²) in [6, 6.07) is 21.5. The third-order valence-corrected chi connectivity index (χ3v) is 11.1. The highest BCUT2D eigenvalue weighted by molar-refractivity contribution is 7.14. The Morgan fingerprint density at radius 2 is 1.51 bits per heavy atom. The van der Waals surface area contributed by atoms with Crippen molar-refractivity contribution < 1.29 is 24.2 Å². The number of nitrogens with one attached hydrogen (secondary N) is 2. The molecule has 4 aromatic rings. The van der Waals surface area contributed by atoms with Gasteiger partial charge in [0.2, 0.25) is 5.91 Å². The molecule has 2 atom stereocenters. The van der Waals surface area contributed by atoms with Crippen LogP contribution in [0.1, 0.15) is 92.8 Å². The van der Waals surface area contributed by atoms with Crippen LogP contribution in [0, 0.1) is 0 Å². The molecule has 0 saturated carbocycles. The molecule has 3 N–H and O–H groups in total. The molecule has 3 heterocycles. The fraction of sp³-hybridized carbons (Fsp3) is 0.442. The number of carbonyl (C=O) groups is 3. The Bertz CT molecular complexity index is 1780. The summed E-state index contributed by atoms with van der Waals surface area (Å²) < 4.78 is 5.92. The maximum Gasteiger partial charge on any atom is 0.327 e. The van der Waals surface area contributed by atoms with Gasteiger partial charge in [0.15, 0.2) is 0 Å². The second kappa shape index (κ2) is 19.0. The van der Waals surface area contributed by atoms with Gasteiger partial charge in [0.1, 0.15) is 17.8 Å². The Morgan fingerprint density at radius 3 is 2.13 bits per heavy atom. The van der Waals surface area contributed by atoms with E-state index in [1.807, 2.05) is 65.7 Å². The summed E-state index contributed by atoms with van der Waals surface area (Å²) in [5, 5.41) is 15.6. The van der Waals surface area contributed by atoms with Crippen LogP contribution in [0.25, 0.3) is 22.4 Å². The SMILES string of the molecule is CCCCCCCOc1ccc(-c2ccc(-c3ccc(C[C@H](NC(=O)c4ccc(C(C)(C)C)s4)C(=O)NC(CN4CCCC4)C(=O)O)cc3)nc2)cc1. The number of carboxylic acids is 1. The lowest BCUT2D eigenvalue weighted by atomic mass is 9.95. The predicted molar refractivity (Wildman–Crippen MR) is 213 cm³/mol. The number of thiophene rings is 1. The minimum absolute atomic E-state index is 0.116. The molecule has 0 aliphatic carbocycles. The zero-order chi connectivity index (χ0) is 37.8. The number of ether oxygens (including phenoxy) is 1. The van der Waals surface area contributed by atoms with Gasteiger partial charge >= 0.3 is 5.97 Å². The second-order valence-corrected chi connectivity index (χ2v) is 16.1. The number of carbonyl (C=O) groups excluding carboxylic acids is 2. The summed E-state index contributed by atoms with van der Waals surface area (Å²) in [5.41, 5.74) is 4.49. The van der Waals surface area contributed by atoms with E-state index >= 15 is 0 Å². The Balaban J connectivity index is 1.24. The zero-order valence-electron chi connectivity index (χ0n) is 31.5. The van der Waals surface area contributed by atoms with Crippen LogP contribution in [-0.4, -0.2) is 71.1 Å². The summed E-state index contributed by atoms with van der Waals surface area (Å²) in [7, 11) is 0. The first-order valence-electron chi connectivity index (χ1n) is 19.0. The molecule has 1 fully saturated rings. The summed E-state index contributed by atoms with van der Waals surface area (Å²) in [4.78, 5) is 47.6. The molecule has 9 nitrogen and oxygen atoms in total. The number of amides is 2. The minimum Gasteiger partial charge on any atom is -0.494 e. The van der Waals surface area contributed by atoms with Gasteiger partial charge in [-0.05, 0) is 79.2 Å². The molecule has 1 unspecified atom stereocenters. The van der Waals surface area contributed by atoms with Gasteiger partial charge in [0, 0.05) is 35.2 Å². The first-order valence-corrected chi connectivity index (χ1v) is 19.8. The van der Waals surface area contributed by atoms with Crippen LogP contribution < -0.4 is 15.4 Å². The quantitative estimate of drug-likeness (QED) is 0.0882. The number of hydrogen-bond acceptors (Lipinski definition) is 7. The normalized spacial score (nSPS) is 14.4. The molecule has 0 radical (unpaired) electrons. The van der Waals surface area contributed by atoms with Crippen molar-refractivity contribution in [1.29, 1.82) is 0 Å².